The maximum atomic E-state index is 13.0. The summed E-state index contributed by atoms with van der Waals surface area (Å²) in [4.78, 5) is 38.8. The van der Waals surface area contributed by atoms with Gasteiger partial charge in [0.25, 0.3) is 17.3 Å². The van der Waals surface area contributed by atoms with Gasteiger partial charge in [0, 0.05) is 17.5 Å². The second-order valence-corrected chi connectivity index (χ2v) is 7.81. The molecule has 0 atom stereocenters. The van der Waals surface area contributed by atoms with Crippen LogP contribution in [0, 0.1) is 52.3 Å². The summed E-state index contributed by atoms with van der Waals surface area (Å²) in [6.07, 6.45) is 1.24. The number of amides is 1. The number of nitriles is 1. The van der Waals surface area contributed by atoms with Crippen LogP contribution in [-0.4, -0.2) is 30.5 Å². The molecule has 0 aliphatic rings. The number of anilines is 1. The zero-order chi connectivity index (χ0) is 25.4. The molecule has 0 radical (unpaired) electrons. The van der Waals surface area contributed by atoms with Gasteiger partial charge < -0.3 is 5.32 Å². The van der Waals surface area contributed by atoms with Crippen molar-refractivity contribution < 1.29 is 14.6 Å². The van der Waals surface area contributed by atoms with Gasteiger partial charge >= 0.3 is 0 Å². The van der Waals surface area contributed by atoms with Crippen molar-refractivity contribution in [2.45, 2.75) is 20.8 Å². The van der Waals surface area contributed by atoms with Crippen molar-refractivity contribution in [1.82, 2.24) is 14.8 Å². The third-order valence-electron chi connectivity index (χ3n) is 5.58. The van der Waals surface area contributed by atoms with E-state index in [1.807, 2.05) is 38.1 Å². The van der Waals surface area contributed by atoms with Crippen molar-refractivity contribution in [2.24, 2.45) is 0 Å². The number of para-hydroxylation sites is 1. The number of aromatic nitrogens is 3. The number of benzene rings is 2. The van der Waals surface area contributed by atoms with Crippen LogP contribution in [0.1, 0.15) is 32.6 Å². The van der Waals surface area contributed by atoms with E-state index in [4.69, 9.17) is 0 Å². The third kappa shape index (κ3) is 4.02. The lowest BCUT2D eigenvalue weighted by molar-refractivity contribution is -0.395. The molecule has 0 aliphatic heterocycles. The normalized spacial score (nSPS) is 10.7. The highest BCUT2D eigenvalue weighted by atomic mass is 16.6. The van der Waals surface area contributed by atoms with E-state index in [-0.39, 0.29) is 22.5 Å². The van der Waals surface area contributed by atoms with Gasteiger partial charge in [-0.3, -0.25) is 25.0 Å². The molecule has 174 valence electrons. The van der Waals surface area contributed by atoms with Crippen LogP contribution in [0.2, 0.25) is 0 Å². The van der Waals surface area contributed by atoms with Crippen LogP contribution < -0.4 is 5.32 Å². The van der Waals surface area contributed by atoms with Gasteiger partial charge in [-0.25, -0.2) is 4.98 Å². The molecular weight excluding hydrogens is 454 g/mol. The molecule has 2 aromatic heterocycles. The Kier molecular flexibility index (Phi) is 5.67. The molecule has 4 rings (SSSR count). The SMILES string of the molecule is Cc1c([N+](=O)[O-])cc(C(=O)Nc2c(C#N)cnn2-c2cc(C)c3cccc(C)c3n2)cc1[N+](=O)[O-]. The van der Waals surface area contributed by atoms with E-state index in [2.05, 4.69) is 15.4 Å². The molecule has 0 saturated carbocycles. The van der Waals surface area contributed by atoms with Crippen molar-refractivity contribution >= 4 is 34.0 Å². The zero-order valence-electron chi connectivity index (χ0n) is 18.8. The van der Waals surface area contributed by atoms with Gasteiger partial charge in [0.05, 0.1) is 27.1 Å². The van der Waals surface area contributed by atoms with Crippen LogP contribution in [0.5, 0.6) is 0 Å². The maximum absolute atomic E-state index is 13.0. The first-order chi connectivity index (χ1) is 16.6. The van der Waals surface area contributed by atoms with E-state index in [1.165, 1.54) is 17.8 Å². The predicted octanol–water partition coefficient (Wildman–Crippen LogP) is 4.29. The summed E-state index contributed by atoms with van der Waals surface area (Å²) in [5, 5.41) is 39.9. The van der Waals surface area contributed by atoms with Gasteiger partial charge in [-0.2, -0.15) is 15.0 Å². The molecule has 0 fully saturated rings. The number of nitrogens with one attached hydrogen (secondary N) is 1. The number of carbonyl (C=O) groups is 1. The molecule has 4 aromatic rings. The van der Waals surface area contributed by atoms with Gasteiger partial charge in [0.2, 0.25) is 0 Å². The Balaban J connectivity index is 1.82. The van der Waals surface area contributed by atoms with Crippen LogP contribution in [0.4, 0.5) is 17.2 Å². The fraction of sp³-hybridized carbons (Fsp3) is 0.130. The molecule has 0 aliphatic carbocycles. The van der Waals surface area contributed by atoms with Crippen LogP contribution in [0.25, 0.3) is 16.7 Å². The van der Waals surface area contributed by atoms with Crippen LogP contribution >= 0.6 is 0 Å². The number of nitro groups is 2. The number of nitro benzene ring substituents is 2. The van der Waals surface area contributed by atoms with Crippen LogP contribution in [0.3, 0.4) is 0 Å². The summed E-state index contributed by atoms with van der Waals surface area (Å²) in [5.74, 6) is -0.576. The Morgan fingerprint density at radius 1 is 1.06 bits per heavy atom. The molecule has 0 bridgehead atoms. The molecule has 35 heavy (non-hydrogen) atoms. The smallest absolute Gasteiger partial charge is 0.279 e. The molecule has 1 N–H and O–H groups in total. The van der Waals surface area contributed by atoms with Crippen molar-refractivity contribution in [3.63, 3.8) is 0 Å². The number of hydrogen-bond donors (Lipinski definition) is 1. The second-order valence-electron chi connectivity index (χ2n) is 7.81. The predicted molar refractivity (Wildman–Crippen MR) is 125 cm³/mol. The first kappa shape index (κ1) is 23.0. The Morgan fingerprint density at radius 2 is 1.71 bits per heavy atom. The van der Waals surface area contributed by atoms with Crippen molar-refractivity contribution in [3.8, 4) is 11.9 Å². The molecule has 12 nitrogen and oxygen atoms in total. The number of carbonyl (C=O) groups excluding carboxylic acids is 1. The summed E-state index contributed by atoms with van der Waals surface area (Å²) in [7, 11) is 0. The Morgan fingerprint density at radius 3 is 2.31 bits per heavy atom. The topological polar surface area (TPSA) is 170 Å². The lowest BCUT2D eigenvalue weighted by atomic mass is 10.1. The van der Waals surface area contributed by atoms with Gasteiger partial charge in [0.15, 0.2) is 11.6 Å². The third-order valence-corrected chi connectivity index (χ3v) is 5.58. The number of rotatable bonds is 5. The lowest BCUT2D eigenvalue weighted by Gasteiger charge is -2.12. The van der Waals surface area contributed by atoms with Gasteiger partial charge in [-0.05, 0) is 38.0 Å². The van der Waals surface area contributed by atoms with E-state index < -0.39 is 27.1 Å². The Hall–Kier alpha value is -5.18. The molecule has 1 amide bonds. The minimum absolute atomic E-state index is 0.0128. The lowest BCUT2D eigenvalue weighted by Crippen LogP contribution is -2.17. The molecule has 12 heteroatoms. The summed E-state index contributed by atoms with van der Waals surface area (Å²) >= 11 is 0. The number of nitrogens with zero attached hydrogens (tertiary/aromatic N) is 6. The summed E-state index contributed by atoms with van der Waals surface area (Å²) in [5.41, 5.74) is 0.920. The number of hydrogen-bond acceptors (Lipinski definition) is 8. The minimum atomic E-state index is -0.886. The molecular formula is C23H17N7O5. The summed E-state index contributed by atoms with van der Waals surface area (Å²) in [6, 6.07) is 11.3. The molecule has 2 heterocycles. The Bertz CT molecular complexity index is 1570. The first-order valence-electron chi connectivity index (χ1n) is 10.2. The van der Waals surface area contributed by atoms with Crippen LogP contribution in [0.15, 0.2) is 42.6 Å². The number of aryl methyl sites for hydroxylation is 2. The monoisotopic (exact) mass is 471 g/mol. The van der Waals surface area contributed by atoms with Gasteiger partial charge in [0.1, 0.15) is 17.2 Å². The standard InChI is InChI=1S/C23H17N7O5/c1-12-5-4-6-17-13(2)7-20(26-21(12)17)28-22(16(10-24)11-25-28)27-23(31)15-8-18(29(32)33)14(3)19(9-15)30(34)35/h4-9,11H,1-3H3,(H,27,31). The van der Waals surface area contributed by atoms with Crippen LogP contribution in [-0.2, 0) is 0 Å². The molecule has 0 saturated heterocycles. The average molecular weight is 471 g/mol. The maximum Gasteiger partial charge on any atom is 0.279 e. The quantitative estimate of drug-likeness (QED) is 0.332. The zero-order valence-corrected chi connectivity index (χ0v) is 18.8. The minimum Gasteiger partial charge on any atom is -0.305 e. The molecule has 2 aromatic carbocycles. The molecule has 0 unspecified atom stereocenters. The summed E-state index contributed by atoms with van der Waals surface area (Å²) < 4.78 is 1.27. The first-order valence-corrected chi connectivity index (χ1v) is 10.2. The highest BCUT2D eigenvalue weighted by Crippen LogP contribution is 2.30. The highest BCUT2D eigenvalue weighted by Gasteiger charge is 2.26. The fourth-order valence-corrected chi connectivity index (χ4v) is 3.75. The van der Waals surface area contributed by atoms with E-state index in [1.54, 1.807) is 6.07 Å². The summed E-state index contributed by atoms with van der Waals surface area (Å²) in [6.45, 7) is 5.03. The van der Waals surface area contributed by atoms with Gasteiger partial charge in [-0.15, -0.1) is 0 Å². The average Bonchev–Trinajstić information content (AvgIpc) is 3.21. The van der Waals surface area contributed by atoms with E-state index in [0.717, 1.165) is 34.2 Å². The number of fused-ring (bicyclic) bond motifs is 1. The van der Waals surface area contributed by atoms with E-state index in [9.17, 15) is 30.3 Å². The fourth-order valence-electron chi connectivity index (χ4n) is 3.75. The van der Waals surface area contributed by atoms with Gasteiger partial charge in [-0.1, -0.05) is 18.2 Å². The molecule has 0 spiro atoms. The van der Waals surface area contributed by atoms with Crippen molar-refractivity contribution in [3.05, 3.63) is 90.6 Å². The van der Waals surface area contributed by atoms with E-state index in [0.29, 0.717) is 5.82 Å². The highest BCUT2D eigenvalue weighted by molar-refractivity contribution is 6.05. The Labute approximate surface area is 197 Å². The second kappa shape index (κ2) is 8.64. The largest absolute Gasteiger partial charge is 0.305 e. The van der Waals surface area contributed by atoms with E-state index >= 15 is 0 Å². The van der Waals surface area contributed by atoms with Crippen molar-refractivity contribution in [2.75, 3.05) is 5.32 Å². The number of pyridine rings is 1. The van der Waals surface area contributed by atoms with Crippen molar-refractivity contribution in [1.29, 1.82) is 5.26 Å².